The number of halogens is 1. The third kappa shape index (κ3) is 3.68. The molecule has 1 saturated heterocycles. The smallest absolute Gasteiger partial charge is 0.234 e. The molecule has 2 heterocycles. The average molecular weight is 321 g/mol. The third-order valence-corrected chi connectivity index (χ3v) is 4.11. The van der Waals surface area contributed by atoms with Gasteiger partial charge in [0.1, 0.15) is 11.6 Å². The predicted octanol–water partition coefficient (Wildman–Crippen LogP) is 2.06. The molecule has 1 aromatic carbocycles. The largest absolute Gasteiger partial charge is 0.485 e. The Morgan fingerprint density at radius 3 is 3.09 bits per heavy atom. The van der Waals surface area contributed by atoms with Gasteiger partial charge in [-0.25, -0.2) is 4.39 Å². The van der Waals surface area contributed by atoms with Crippen molar-refractivity contribution in [3.63, 3.8) is 0 Å². The Bertz CT molecular complexity index is 641. The fourth-order valence-electron chi connectivity index (χ4n) is 2.78. The zero-order chi connectivity index (χ0) is 16.1. The lowest BCUT2D eigenvalue weighted by Gasteiger charge is -2.22. The Morgan fingerprint density at radius 1 is 1.43 bits per heavy atom. The SMILES string of the molecule is COCCC1(c2nc(COc3cccc(F)c3)no2)CCNC1. The first-order valence-electron chi connectivity index (χ1n) is 7.63. The Balaban J connectivity index is 1.67. The van der Waals surface area contributed by atoms with Crippen molar-refractivity contribution in [1.82, 2.24) is 15.5 Å². The van der Waals surface area contributed by atoms with Gasteiger partial charge < -0.3 is 19.3 Å². The summed E-state index contributed by atoms with van der Waals surface area (Å²) in [6.45, 7) is 2.49. The molecule has 124 valence electrons. The monoisotopic (exact) mass is 321 g/mol. The lowest BCUT2D eigenvalue weighted by molar-refractivity contribution is 0.156. The highest BCUT2D eigenvalue weighted by molar-refractivity contribution is 5.22. The highest BCUT2D eigenvalue weighted by Gasteiger charge is 2.40. The molecular formula is C16H20FN3O3. The van der Waals surface area contributed by atoms with E-state index in [0.29, 0.717) is 24.1 Å². The minimum Gasteiger partial charge on any atom is -0.485 e. The molecule has 0 aliphatic carbocycles. The summed E-state index contributed by atoms with van der Waals surface area (Å²) < 4.78 is 29.3. The number of ether oxygens (including phenoxy) is 2. The van der Waals surface area contributed by atoms with E-state index in [1.165, 1.54) is 12.1 Å². The van der Waals surface area contributed by atoms with Crippen LogP contribution in [-0.4, -0.2) is 36.9 Å². The van der Waals surface area contributed by atoms with Gasteiger partial charge in [-0.15, -0.1) is 0 Å². The Kier molecular flexibility index (Phi) is 4.88. The van der Waals surface area contributed by atoms with Crippen molar-refractivity contribution in [2.75, 3.05) is 26.8 Å². The van der Waals surface area contributed by atoms with Crippen LogP contribution in [0.25, 0.3) is 0 Å². The molecule has 2 aromatic rings. The van der Waals surface area contributed by atoms with Crippen LogP contribution in [-0.2, 0) is 16.8 Å². The summed E-state index contributed by atoms with van der Waals surface area (Å²) in [5.74, 6) is 1.16. The van der Waals surface area contributed by atoms with Crippen molar-refractivity contribution in [2.24, 2.45) is 0 Å². The van der Waals surface area contributed by atoms with E-state index in [-0.39, 0.29) is 17.8 Å². The molecule has 23 heavy (non-hydrogen) atoms. The van der Waals surface area contributed by atoms with Gasteiger partial charge in [0.2, 0.25) is 11.7 Å². The maximum absolute atomic E-state index is 13.1. The van der Waals surface area contributed by atoms with Gasteiger partial charge in [0, 0.05) is 26.3 Å². The molecule has 6 nitrogen and oxygen atoms in total. The average Bonchev–Trinajstić information content (AvgIpc) is 3.21. The van der Waals surface area contributed by atoms with Crippen molar-refractivity contribution >= 4 is 0 Å². The maximum atomic E-state index is 13.1. The second-order valence-electron chi connectivity index (χ2n) is 5.71. The molecule has 1 fully saturated rings. The van der Waals surface area contributed by atoms with E-state index in [9.17, 15) is 4.39 Å². The van der Waals surface area contributed by atoms with E-state index in [1.807, 2.05) is 0 Å². The van der Waals surface area contributed by atoms with Gasteiger partial charge in [0.15, 0.2) is 6.61 Å². The van der Waals surface area contributed by atoms with Crippen LogP contribution in [0.15, 0.2) is 28.8 Å². The summed E-state index contributed by atoms with van der Waals surface area (Å²) in [7, 11) is 1.68. The van der Waals surface area contributed by atoms with Crippen LogP contribution < -0.4 is 10.1 Å². The van der Waals surface area contributed by atoms with Crippen LogP contribution in [0.3, 0.4) is 0 Å². The summed E-state index contributed by atoms with van der Waals surface area (Å²) in [4.78, 5) is 4.46. The standard InChI is InChI=1S/C16H20FN3O3/c1-21-8-6-16(5-7-18-11-16)15-19-14(20-23-15)10-22-13-4-2-3-12(17)9-13/h2-4,9,18H,5-8,10-11H2,1H3. The van der Waals surface area contributed by atoms with Crippen LogP contribution in [0.4, 0.5) is 4.39 Å². The van der Waals surface area contributed by atoms with Gasteiger partial charge in [-0.2, -0.15) is 4.98 Å². The molecule has 0 spiro atoms. The summed E-state index contributed by atoms with van der Waals surface area (Å²) in [6, 6.07) is 5.97. The molecule has 0 amide bonds. The first kappa shape index (κ1) is 15.9. The van der Waals surface area contributed by atoms with Crippen molar-refractivity contribution in [3.05, 3.63) is 41.8 Å². The second kappa shape index (κ2) is 7.06. The molecule has 0 bridgehead atoms. The Labute approximate surface area is 134 Å². The molecule has 0 saturated carbocycles. The van der Waals surface area contributed by atoms with E-state index in [2.05, 4.69) is 15.5 Å². The molecule has 1 aromatic heterocycles. The van der Waals surface area contributed by atoms with Crippen molar-refractivity contribution in [1.29, 1.82) is 0 Å². The van der Waals surface area contributed by atoms with Crippen molar-refractivity contribution in [2.45, 2.75) is 24.9 Å². The molecular weight excluding hydrogens is 301 g/mol. The summed E-state index contributed by atoms with van der Waals surface area (Å²) in [6.07, 6.45) is 1.76. The van der Waals surface area contributed by atoms with E-state index in [0.717, 1.165) is 25.9 Å². The van der Waals surface area contributed by atoms with Crippen molar-refractivity contribution < 1.29 is 18.4 Å². The van der Waals surface area contributed by atoms with Gasteiger partial charge in [0.05, 0.1) is 5.41 Å². The fraction of sp³-hybridized carbons (Fsp3) is 0.500. The summed E-state index contributed by atoms with van der Waals surface area (Å²) >= 11 is 0. The van der Waals surface area contributed by atoms with Crippen molar-refractivity contribution in [3.8, 4) is 5.75 Å². The minimum absolute atomic E-state index is 0.140. The van der Waals surface area contributed by atoms with E-state index < -0.39 is 0 Å². The number of aromatic nitrogens is 2. The topological polar surface area (TPSA) is 69.4 Å². The van der Waals surface area contributed by atoms with Gasteiger partial charge in [-0.3, -0.25) is 0 Å². The molecule has 1 aliphatic heterocycles. The first-order valence-corrected chi connectivity index (χ1v) is 7.63. The van der Waals surface area contributed by atoms with Gasteiger partial charge in [0.25, 0.3) is 0 Å². The number of hydrogen-bond acceptors (Lipinski definition) is 6. The number of nitrogens with zero attached hydrogens (tertiary/aromatic N) is 2. The number of benzene rings is 1. The Morgan fingerprint density at radius 2 is 2.35 bits per heavy atom. The number of rotatable bonds is 7. The summed E-state index contributed by atoms with van der Waals surface area (Å²) in [5.41, 5.74) is -0.180. The highest BCUT2D eigenvalue weighted by atomic mass is 19.1. The molecule has 7 heteroatoms. The second-order valence-corrected chi connectivity index (χ2v) is 5.71. The van der Waals surface area contributed by atoms with Gasteiger partial charge in [-0.05, 0) is 31.5 Å². The molecule has 3 rings (SSSR count). The molecule has 1 atom stereocenters. The molecule has 1 unspecified atom stereocenters. The van der Waals surface area contributed by atoms with Crippen LogP contribution in [0.1, 0.15) is 24.6 Å². The van der Waals surface area contributed by atoms with Crippen LogP contribution in [0.5, 0.6) is 5.75 Å². The zero-order valence-corrected chi connectivity index (χ0v) is 13.0. The fourth-order valence-corrected chi connectivity index (χ4v) is 2.78. The molecule has 1 N–H and O–H groups in total. The third-order valence-electron chi connectivity index (χ3n) is 4.11. The number of nitrogens with one attached hydrogen (secondary N) is 1. The van der Waals surface area contributed by atoms with E-state index in [4.69, 9.17) is 14.0 Å². The van der Waals surface area contributed by atoms with E-state index >= 15 is 0 Å². The number of hydrogen-bond donors (Lipinski definition) is 1. The lowest BCUT2D eigenvalue weighted by Crippen LogP contribution is -2.31. The van der Waals surface area contributed by atoms with Gasteiger partial charge >= 0.3 is 0 Å². The molecule has 0 radical (unpaired) electrons. The summed E-state index contributed by atoms with van der Waals surface area (Å²) in [5, 5.41) is 7.32. The van der Waals surface area contributed by atoms with E-state index in [1.54, 1.807) is 19.2 Å². The predicted molar refractivity (Wildman–Crippen MR) is 80.7 cm³/mol. The lowest BCUT2D eigenvalue weighted by atomic mass is 9.83. The van der Waals surface area contributed by atoms with Crippen LogP contribution >= 0.6 is 0 Å². The quantitative estimate of drug-likeness (QED) is 0.842. The van der Waals surface area contributed by atoms with Crippen LogP contribution in [0, 0.1) is 5.82 Å². The minimum atomic E-state index is -0.341. The maximum Gasteiger partial charge on any atom is 0.234 e. The van der Waals surface area contributed by atoms with Crippen LogP contribution in [0.2, 0.25) is 0 Å². The highest BCUT2D eigenvalue weighted by Crippen LogP contribution is 2.33. The zero-order valence-electron chi connectivity index (χ0n) is 13.0. The number of methoxy groups -OCH3 is 1. The normalized spacial score (nSPS) is 20.8. The Hall–Kier alpha value is -1.99. The molecule has 1 aliphatic rings. The van der Waals surface area contributed by atoms with Gasteiger partial charge in [-0.1, -0.05) is 11.2 Å². The first-order chi connectivity index (χ1) is 11.2.